The average molecular weight is 395 g/mol. The van der Waals surface area contributed by atoms with Crippen LogP contribution in [0.2, 0.25) is 0 Å². The summed E-state index contributed by atoms with van der Waals surface area (Å²) >= 11 is 0. The Morgan fingerprint density at radius 1 is 1.24 bits per heavy atom. The zero-order valence-electron chi connectivity index (χ0n) is 17.1. The first-order valence-electron chi connectivity index (χ1n) is 9.51. The number of benzene rings is 2. The fourth-order valence-corrected chi connectivity index (χ4v) is 3.91. The van der Waals surface area contributed by atoms with Gasteiger partial charge in [0.25, 0.3) is 5.69 Å². The van der Waals surface area contributed by atoms with E-state index in [0.29, 0.717) is 12.1 Å². The van der Waals surface area contributed by atoms with Crippen LogP contribution in [0.1, 0.15) is 23.6 Å². The lowest BCUT2D eigenvalue weighted by Gasteiger charge is -2.48. The lowest BCUT2D eigenvalue weighted by atomic mass is 9.88. The second-order valence-electron chi connectivity index (χ2n) is 7.89. The van der Waals surface area contributed by atoms with Gasteiger partial charge in [0.2, 0.25) is 0 Å². The van der Waals surface area contributed by atoms with Crippen molar-refractivity contribution in [2.24, 2.45) is 0 Å². The summed E-state index contributed by atoms with van der Waals surface area (Å²) in [5, 5.41) is 11.5. The second kappa shape index (κ2) is 8.17. The zero-order valence-corrected chi connectivity index (χ0v) is 17.1. The molecule has 0 bridgehead atoms. The van der Waals surface area contributed by atoms with Gasteiger partial charge in [-0.2, -0.15) is 0 Å². The SMILES string of the molecule is C=Cc1cccc([N+](=O)[O-])c1C=C1CN(C)C(C)(Cc2ccc(F)cc2)CN1C. The Morgan fingerprint density at radius 2 is 1.93 bits per heavy atom. The van der Waals surface area contributed by atoms with Crippen molar-refractivity contribution in [2.45, 2.75) is 18.9 Å². The molecule has 1 fully saturated rings. The van der Waals surface area contributed by atoms with E-state index in [4.69, 9.17) is 0 Å². The van der Waals surface area contributed by atoms with Crippen molar-refractivity contribution < 1.29 is 9.31 Å². The molecule has 0 aliphatic carbocycles. The summed E-state index contributed by atoms with van der Waals surface area (Å²) in [6.45, 7) is 7.37. The van der Waals surface area contributed by atoms with E-state index >= 15 is 0 Å². The standard InChI is InChI=1S/C23H26FN3O2/c1-5-18-7-6-8-22(27(28)29)21(18)13-20-15-26(4)23(2,16-25(20)3)14-17-9-11-19(24)12-10-17/h5-13H,1,14-16H2,2-4H3. The molecule has 1 saturated heterocycles. The van der Waals surface area contributed by atoms with Gasteiger partial charge in [-0.1, -0.05) is 36.9 Å². The maximum atomic E-state index is 13.2. The third-order valence-corrected chi connectivity index (χ3v) is 5.73. The molecule has 2 aromatic carbocycles. The highest BCUT2D eigenvalue weighted by Gasteiger charge is 2.36. The van der Waals surface area contributed by atoms with Crippen molar-refractivity contribution in [1.82, 2.24) is 9.80 Å². The van der Waals surface area contributed by atoms with Gasteiger partial charge in [0.1, 0.15) is 5.82 Å². The molecule has 0 radical (unpaired) electrons. The molecule has 3 rings (SSSR count). The molecule has 29 heavy (non-hydrogen) atoms. The van der Waals surface area contributed by atoms with E-state index in [0.717, 1.165) is 29.8 Å². The largest absolute Gasteiger partial charge is 0.375 e. The number of rotatable bonds is 5. The van der Waals surface area contributed by atoms with Crippen molar-refractivity contribution in [1.29, 1.82) is 0 Å². The number of hydrogen-bond donors (Lipinski definition) is 0. The molecule has 152 valence electrons. The van der Waals surface area contributed by atoms with Crippen LogP contribution >= 0.6 is 0 Å². The summed E-state index contributed by atoms with van der Waals surface area (Å²) in [4.78, 5) is 15.5. The van der Waals surface area contributed by atoms with Crippen molar-refractivity contribution >= 4 is 17.8 Å². The van der Waals surface area contributed by atoms with E-state index in [1.807, 2.05) is 31.3 Å². The van der Waals surface area contributed by atoms with Gasteiger partial charge in [-0.05, 0) is 49.7 Å². The molecule has 1 aliphatic heterocycles. The highest BCUT2D eigenvalue weighted by atomic mass is 19.1. The van der Waals surface area contributed by atoms with Crippen molar-refractivity contribution in [3.05, 3.63) is 87.4 Å². The average Bonchev–Trinajstić information content (AvgIpc) is 2.68. The Hall–Kier alpha value is -2.99. The van der Waals surface area contributed by atoms with E-state index < -0.39 is 0 Å². The molecule has 1 aliphatic rings. The quantitative estimate of drug-likeness (QED) is 0.549. The Labute approximate surface area is 170 Å². The fraction of sp³-hybridized carbons (Fsp3) is 0.304. The Bertz CT molecular complexity index is 955. The number of nitro benzene ring substituents is 1. The Balaban J connectivity index is 1.90. The molecular formula is C23H26FN3O2. The molecule has 0 saturated carbocycles. The maximum absolute atomic E-state index is 13.2. The maximum Gasteiger partial charge on any atom is 0.277 e. The van der Waals surface area contributed by atoms with Crippen LogP contribution in [0, 0.1) is 15.9 Å². The Kier molecular flexibility index (Phi) is 5.84. The molecule has 2 aromatic rings. The van der Waals surface area contributed by atoms with Crippen molar-refractivity contribution in [2.75, 3.05) is 27.2 Å². The Morgan fingerprint density at radius 3 is 2.55 bits per heavy atom. The molecule has 0 amide bonds. The molecule has 6 heteroatoms. The van der Waals surface area contributed by atoms with Gasteiger partial charge in [-0.3, -0.25) is 15.0 Å². The van der Waals surface area contributed by atoms with Crippen LogP contribution in [-0.2, 0) is 6.42 Å². The zero-order chi connectivity index (χ0) is 21.2. The summed E-state index contributed by atoms with van der Waals surface area (Å²) in [6, 6.07) is 11.6. The fourth-order valence-electron chi connectivity index (χ4n) is 3.91. The van der Waals surface area contributed by atoms with Gasteiger partial charge >= 0.3 is 0 Å². The molecule has 1 unspecified atom stereocenters. The smallest absolute Gasteiger partial charge is 0.277 e. The van der Waals surface area contributed by atoms with E-state index in [-0.39, 0.29) is 22.0 Å². The molecule has 1 atom stereocenters. The molecule has 5 nitrogen and oxygen atoms in total. The first kappa shape index (κ1) is 20.7. The van der Waals surface area contributed by atoms with Crippen LogP contribution in [0.4, 0.5) is 10.1 Å². The molecule has 0 spiro atoms. The first-order chi connectivity index (χ1) is 13.7. The third-order valence-electron chi connectivity index (χ3n) is 5.73. The number of halogens is 1. The predicted molar refractivity (Wildman–Crippen MR) is 115 cm³/mol. The van der Waals surface area contributed by atoms with Gasteiger partial charge in [0.05, 0.1) is 10.5 Å². The summed E-state index contributed by atoms with van der Waals surface area (Å²) in [7, 11) is 4.06. The topological polar surface area (TPSA) is 49.6 Å². The molecule has 0 aromatic heterocycles. The minimum atomic E-state index is -0.357. The predicted octanol–water partition coefficient (Wildman–Crippen LogP) is 4.60. The number of nitro groups is 1. The van der Waals surface area contributed by atoms with Crippen LogP contribution in [0.5, 0.6) is 0 Å². The summed E-state index contributed by atoms with van der Waals surface area (Å²) in [6.07, 6.45) is 4.32. The van der Waals surface area contributed by atoms with Gasteiger partial charge in [0.15, 0.2) is 0 Å². The third kappa shape index (κ3) is 4.38. The van der Waals surface area contributed by atoms with Crippen LogP contribution < -0.4 is 0 Å². The number of likely N-dealkylation sites (N-methyl/N-ethyl adjacent to an activating group) is 2. The van der Waals surface area contributed by atoms with Gasteiger partial charge in [0, 0.05) is 37.4 Å². The monoisotopic (exact) mass is 395 g/mol. The van der Waals surface area contributed by atoms with Crippen LogP contribution in [0.3, 0.4) is 0 Å². The number of piperazine rings is 1. The van der Waals surface area contributed by atoms with E-state index in [9.17, 15) is 14.5 Å². The van der Waals surface area contributed by atoms with E-state index in [1.165, 1.54) is 18.2 Å². The van der Waals surface area contributed by atoms with Gasteiger partial charge < -0.3 is 4.90 Å². The normalized spacial score (nSPS) is 21.4. The van der Waals surface area contributed by atoms with Crippen molar-refractivity contribution in [3.63, 3.8) is 0 Å². The molecule has 1 heterocycles. The second-order valence-corrected chi connectivity index (χ2v) is 7.89. The summed E-state index contributed by atoms with van der Waals surface area (Å²) in [5.41, 5.74) is 3.32. The van der Waals surface area contributed by atoms with Gasteiger partial charge in [-0.15, -0.1) is 0 Å². The van der Waals surface area contributed by atoms with E-state index in [1.54, 1.807) is 12.1 Å². The van der Waals surface area contributed by atoms with Crippen LogP contribution in [-0.4, -0.2) is 47.4 Å². The number of nitrogens with zero attached hydrogens (tertiary/aromatic N) is 3. The lowest BCUT2D eigenvalue weighted by Crippen LogP contribution is -2.58. The molecule has 0 N–H and O–H groups in total. The minimum Gasteiger partial charge on any atom is -0.375 e. The van der Waals surface area contributed by atoms with Gasteiger partial charge in [-0.25, -0.2) is 4.39 Å². The highest BCUT2D eigenvalue weighted by molar-refractivity contribution is 5.73. The van der Waals surface area contributed by atoms with Crippen LogP contribution in [0.25, 0.3) is 12.2 Å². The van der Waals surface area contributed by atoms with Crippen molar-refractivity contribution in [3.8, 4) is 0 Å². The number of hydrogen-bond acceptors (Lipinski definition) is 4. The highest BCUT2D eigenvalue weighted by Crippen LogP contribution is 2.32. The minimum absolute atomic E-state index is 0.0746. The van der Waals surface area contributed by atoms with Crippen LogP contribution in [0.15, 0.2) is 54.7 Å². The summed E-state index contributed by atoms with van der Waals surface area (Å²) in [5.74, 6) is -0.235. The first-order valence-corrected chi connectivity index (χ1v) is 9.51. The molecular weight excluding hydrogens is 369 g/mol. The van der Waals surface area contributed by atoms with E-state index in [2.05, 4.69) is 30.4 Å². The lowest BCUT2D eigenvalue weighted by molar-refractivity contribution is -0.385. The summed E-state index contributed by atoms with van der Waals surface area (Å²) < 4.78 is 13.2.